The van der Waals surface area contributed by atoms with E-state index < -0.39 is 0 Å². The van der Waals surface area contributed by atoms with Gasteiger partial charge in [0.05, 0.1) is 0 Å². The summed E-state index contributed by atoms with van der Waals surface area (Å²) in [4.78, 5) is 0. The van der Waals surface area contributed by atoms with Crippen LogP contribution in [0, 0.1) is 24.7 Å². The highest BCUT2D eigenvalue weighted by molar-refractivity contribution is 5.44. The van der Waals surface area contributed by atoms with E-state index in [-0.39, 0.29) is 7.43 Å². The summed E-state index contributed by atoms with van der Waals surface area (Å²) in [7, 11) is 0. The molecule has 0 heteroatoms. The first-order chi connectivity index (χ1) is 10.7. The molecule has 0 spiro atoms. The molecule has 0 aromatic heterocycles. The van der Waals surface area contributed by atoms with Crippen LogP contribution < -0.4 is 0 Å². The monoisotopic (exact) mass is 304 g/mol. The van der Waals surface area contributed by atoms with Gasteiger partial charge in [-0.15, -0.1) is 0 Å². The molecule has 0 atom stereocenters. The second-order valence-electron chi connectivity index (χ2n) is 6.69. The molecule has 0 N–H and O–H groups in total. The van der Waals surface area contributed by atoms with Crippen LogP contribution in [-0.4, -0.2) is 0 Å². The first kappa shape index (κ1) is 17.4. The fourth-order valence-corrected chi connectivity index (χ4v) is 3.21. The lowest BCUT2D eigenvalue weighted by Gasteiger charge is -2.26. The molecule has 0 aliphatic heterocycles. The summed E-state index contributed by atoms with van der Waals surface area (Å²) in [6, 6.07) is 17.3. The van der Waals surface area contributed by atoms with E-state index in [9.17, 15) is 0 Å². The van der Waals surface area contributed by atoms with E-state index in [0.717, 1.165) is 23.0 Å². The third kappa shape index (κ3) is 4.73. The van der Waals surface area contributed by atoms with Crippen molar-refractivity contribution >= 4 is 0 Å². The second-order valence-corrected chi connectivity index (χ2v) is 6.69. The third-order valence-electron chi connectivity index (χ3n) is 4.80. The van der Waals surface area contributed by atoms with Gasteiger partial charge in [0, 0.05) is 11.1 Å². The molecular formula is C23H28. The number of hydrogen-bond donors (Lipinski definition) is 0. The highest BCUT2D eigenvalue weighted by atomic mass is 14.2. The Kier molecular flexibility index (Phi) is 6.05. The second kappa shape index (κ2) is 8.02. The van der Waals surface area contributed by atoms with Crippen LogP contribution in [0.5, 0.6) is 0 Å². The first-order valence-corrected chi connectivity index (χ1v) is 8.39. The Morgan fingerprint density at radius 3 is 1.74 bits per heavy atom. The van der Waals surface area contributed by atoms with Crippen molar-refractivity contribution in [3.63, 3.8) is 0 Å². The SMILES string of the molecule is C.Cc1ccc(C#Cc2ccc(C3CCC(C)CC3)cc2)cc1. The van der Waals surface area contributed by atoms with Crippen molar-refractivity contribution in [3.8, 4) is 11.8 Å². The number of benzene rings is 2. The van der Waals surface area contributed by atoms with Gasteiger partial charge in [-0.1, -0.05) is 68.9 Å². The Balaban J connectivity index is 0.00000192. The van der Waals surface area contributed by atoms with Crippen LogP contribution in [0.1, 0.15) is 68.2 Å². The van der Waals surface area contributed by atoms with E-state index in [0.29, 0.717) is 0 Å². The maximum atomic E-state index is 3.27. The highest BCUT2D eigenvalue weighted by Crippen LogP contribution is 2.35. The van der Waals surface area contributed by atoms with Gasteiger partial charge >= 0.3 is 0 Å². The lowest BCUT2D eigenvalue weighted by molar-refractivity contribution is 0.348. The van der Waals surface area contributed by atoms with Crippen molar-refractivity contribution in [2.75, 3.05) is 0 Å². The average Bonchev–Trinajstić information content (AvgIpc) is 2.56. The van der Waals surface area contributed by atoms with E-state index in [1.807, 2.05) is 0 Å². The van der Waals surface area contributed by atoms with Crippen molar-refractivity contribution < 1.29 is 0 Å². The van der Waals surface area contributed by atoms with Crippen LogP contribution in [0.2, 0.25) is 0 Å². The largest absolute Gasteiger partial charge is 0.0776 e. The number of hydrogen-bond acceptors (Lipinski definition) is 0. The normalized spacial score (nSPS) is 20.1. The smallest absolute Gasteiger partial charge is 0.0249 e. The molecule has 2 aromatic carbocycles. The number of rotatable bonds is 1. The Hall–Kier alpha value is -2.00. The molecule has 0 bridgehead atoms. The van der Waals surface area contributed by atoms with Gasteiger partial charge < -0.3 is 0 Å². The molecule has 0 saturated heterocycles. The quantitative estimate of drug-likeness (QED) is 0.540. The lowest BCUT2D eigenvalue weighted by atomic mass is 9.79. The predicted octanol–water partition coefficient (Wildman–Crippen LogP) is 6.32. The van der Waals surface area contributed by atoms with Gasteiger partial charge in [-0.05, 0) is 61.4 Å². The summed E-state index contributed by atoms with van der Waals surface area (Å²) in [6.07, 6.45) is 5.43. The first-order valence-electron chi connectivity index (χ1n) is 8.39. The Morgan fingerprint density at radius 2 is 1.22 bits per heavy atom. The molecular weight excluding hydrogens is 276 g/mol. The molecule has 1 aliphatic rings. The molecule has 0 amide bonds. The van der Waals surface area contributed by atoms with Crippen LogP contribution >= 0.6 is 0 Å². The Bertz CT molecular complexity index is 657. The van der Waals surface area contributed by atoms with Gasteiger partial charge in [0.2, 0.25) is 0 Å². The van der Waals surface area contributed by atoms with E-state index in [4.69, 9.17) is 0 Å². The standard InChI is InChI=1S/C22H24.CH4/c1-17-3-7-19(8-4-17)9-10-20-11-15-22(16-12-20)21-13-5-18(2)6-14-21;/h3-4,7-8,11-12,15-16,18,21H,5-6,13-14H2,1-2H3;1H4. The molecule has 0 nitrogen and oxygen atoms in total. The summed E-state index contributed by atoms with van der Waals surface area (Å²) in [5, 5.41) is 0. The minimum atomic E-state index is 0. The van der Waals surface area contributed by atoms with Gasteiger partial charge in [0.1, 0.15) is 0 Å². The van der Waals surface area contributed by atoms with Crippen molar-refractivity contribution in [1.82, 2.24) is 0 Å². The third-order valence-corrected chi connectivity index (χ3v) is 4.80. The van der Waals surface area contributed by atoms with E-state index in [1.54, 1.807) is 0 Å². The molecule has 1 aliphatic carbocycles. The van der Waals surface area contributed by atoms with Crippen LogP contribution in [0.25, 0.3) is 0 Å². The van der Waals surface area contributed by atoms with Gasteiger partial charge in [0.15, 0.2) is 0 Å². The van der Waals surface area contributed by atoms with E-state index in [1.165, 1.54) is 36.8 Å². The Labute approximate surface area is 142 Å². The fourth-order valence-electron chi connectivity index (χ4n) is 3.21. The van der Waals surface area contributed by atoms with Crippen molar-refractivity contribution in [1.29, 1.82) is 0 Å². The van der Waals surface area contributed by atoms with Crippen molar-refractivity contribution in [2.45, 2.75) is 52.9 Å². The van der Waals surface area contributed by atoms with Gasteiger partial charge in [-0.2, -0.15) is 0 Å². The summed E-state index contributed by atoms with van der Waals surface area (Å²) in [5.41, 5.74) is 4.95. The van der Waals surface area contributed by atoms with E-state index >= 15 is 0 Å². The van der Waals surface area contributed by atoms with Crippen molar-refractivity contribution in [2.24, 2.45) is 5.92 Å². The minimum absolute atomic E-state index is 0. The zero-order chi connectivity index (χ0) is 15.4. The molecule has 0 radical (unpaired) electrons. The maximum absolute atomic E-state index is 3.27. The summed E-state index contributed by atoms with van der Waals surface area (Å²) < 4.78 is 0. The van der Waals surface area contributed by atoms with Gasteiger partial charge in [-0.25, -0.2) is 0 Å². The Morgan fingerprint density at radius 1 is 0.739 bits per heavy atom. The highest BCUT2D eigenvalue weighted by Gasteiger charge is 2.19. The fraction of sp³-hybridized carbons (Fsp3) is 0.391. The lowest BCUT2D eigenvalue weighted by Crippen LogP contribution is -2.10. The summed E-state index contributed by atoms with van der Waals surface area (Å²) in [6.45, 7) is 4.47. The van der Waals surface area contributed by atoms with Crippen LogP contribution in [0.3, 0.4) is 0 Å². The van der Waals surface area contributed by atoms with Crippen molar-refractivity contribution in [3.05, 3.63) is 70.8 Å². The topological polar surface area (TPSA) is 0 Å². The molecule has 2 aromatic rings. The predicted molar refractivity (Wildman–Crippen MR) is 101 cm³/mol. The molecule has 120 valence electrons. The van der Waals surface area contributed by atoms with Gasteiger partial charge in [-0.3, -0.25) is 0 Å². The number of aryl methyl sites for hydroxylation is 1. The maximum Gasteiger partial charge on any atom is 0.0249 e. The summed E-state index contributed by atoms with van der Waals surface area (Å²) in [5.74, 6) is 8.18. The average molecular weight is 304 g/mol. The van der Waals surface area contributed by atoms with E-state index in [2.05, 4.69) is 74.2 Å². The van der Waals surface area contributed by atoms with Crippen LogP contribution in [0.15, 0.2) is 48.5 Å². The zero-order valence-electron chi connectivity index (χ0n) is 13.6. The zero-order valence-corrected chi connectivity index (χ0v) is 13.6. The van der Waals surface area contributed by atoms with Crippen LogP contribution in [-0.2, 0) is 0 Å². The summed E-state index contributed by atoms with van der Waals surface area (Å²) >= 11 is 0. The molecule has 3 rings (SSSR count). The molecule has 0 unspecified atom stereocenters. The molecule has 1 saturated carbocycles. The van der Waals surface area contributed by atoms with Gasteiger partial charge in [0.25, 0.3) is 0 Å². The van der Waals surface area contributed by atoms with Crippen LogP contribution in [0.4, 0.5) is 0 Å². The minimum Gasteiger partial charge on any atom is -0.0776 e. The molecule has 23 heavy (non-hydrogen) atoms. The molecule has 1 fully saturated rings. The molecule has 0 heterocycles.